The van der Waals surface area contributed by atoms with Crippen molar-refractivity contribution in [2.45, 2.75) is 25.8 Å². The number of hydrogen-bond acceptors (Lipinski definition) is 5. The molecule has 0 saturated carbocycles. The Labute approximate surface area is 187 Å². The van der Waals surface area contributed by atoms with E-state index in [0.29, 0.717) is 36.1 Å². The molecular weight excluding hydrogens is 414 g/mol. The van der Waals surface area contributed by atoms with Crippen LogP contribution in [0.4, 0.5) is 5.69 Å². The average Bonchev–Trinajstić information content (AvgIpc) is 3.08. The van der Waals surface area contributed by atoms with Crippen LogP contribution in [0.5, 0.6) is 11.5 Å². The number of nitrogens with one attached hydrogen (secondary N) is 1. The molecule has 1 saturated heterocycles. The van der Waals surface area contributed by atoms with Gasteiger partial charge in [-0.05, 0) is 67.5 Å². The number of anilines is 1. The lowest BCUT2D eigenvalue weighted by Gasteiger charge is -2.30. The van der Waals surface area contributed by atoms with Gasteiger partial charge in [-0.1, -0.05) is 12.1 Å². The summed E-state index contributed by atoms with van der Waals surface area (Å²) in [4.78, 5) is 29.1. The van der Waals surface area contributed by atoms with Gasteiger partial charge in [-0.15, -0.1) is 0 Å². The summed E-state index contributed by atoms with van der Waals surface area (Å²) in [6, 6.07) is 14.0. The molecule has 1 N–H and O–H groups in total. The first kappa shape index (κ1) is 22.6. The van der Waals surface area contributed by atoms with Crippen LogP contribution in [0.2, 0.25) is 0 Å². The fraction of sp³-hybridized carbons (Fsp3) is 0.348. The zero-order valence-electron chi connectivity index (χ0n) is 18.0. The second-order valence-corrected chi connectivity index (χ2v) is 7.50. The number of benzene rings is 2. The number of imide groups is 1. The highest BCUT2D eigenvalue weighted by Gasteiger charge is 2.43. The van der Waals surface area contributed by atoms with Gasteiger partial charge in [0.1, 0.15) is 17.5 Å². The summed E-state index contributed by atoms with van der Waals surface area (Å²) in [6.07, 6.45) is 0.759. The molecule has 1 atom stereocenters. The second kappa shape index (κ2) is 10.3. The summed E-state index contributed by atoms with van der Waals surface area (Å²) >= 11 is 5.54. The van der Waals surface area contributed by atoms with E-state index in [9.17, 15) is 9.59 Å². The molecule has 1 aliphatic rings. The molecule has 1 unspecified atom stereocenters. The molecule has 0 aliphatic carbocycles. The van der Waals surface area contributed by atoms with E-state index in [4.69, 9.17) is 21.7 Å². The first-order valence-electron chi connectivity index (χ1n) is 10.2. The molecule has 2 aromatic rings. The monoisotopic (exact) mass is 441 g/mol. The number of thiocarbonyl (C=S) groups is 1. The Bertz CT molecular complexity index is 931. The van der Waals surface area contributed by atoms with E-state index in [1.807, 2.05) is 36.1 Å². The molecule has 2 aromatic carbocycles. The van der Waals surface area contributed by atoms with Crippen LogP contribution in [-0.2, 0) is 16.0 Å². The number of methoxy groups -OCH3 is 2. The molecule has 7 nitrogen and oxygen atoms in total. The minimum Gasteiger partial charge on any atom is -0.497 e. The van der Waals surface area contributed by atoms with Crippen LogP contribution in [0.3, 0.4) is 0 Å². The van der Waals surface area contributed by atoms with E-state index >= 15 is 0 Å². The molecular formula is C23H27N3O4S. The molecule has 8 heteroatoms. The van der Waals surface area contributed by atoms with Gasteiger partial charge >= 0.3 is 0 Å². The molecule has 31 heavy (non-hydrogen) atoms. The lowest BCUT2D eigenvalue weighted by Crippen LogP contribution is -2.50. The van der Waals surface area contributed by atoms with E-state index in [0.717, 1.165) is 11.3 Å². The van der Waals surface area contributed by atoms with Crippen molar-refractivity contribution in [2.75, 3.05) is 32.2 Å². The fourth-order valence-electron chi connectivity index (χ4n) is 3.56. The van der Waals surface area contributed by atoms with Gasteiger partial charge in [0.2, 0.25) is 5.91 Å². The zero-order chi connectivity index (χ0) is 22.4. The summed E-state index contributed by atoms with van der Waals surface area (Å²) in [6.45, 7) is 3.09. The minimum absolute atomic E-state index is 0.0824. The van der Waals surface area contributed by atoms with E-state index in [1.54, 1.807) is 38.5 Å². The van der Waals surface area contributed by atoms with E-state index in [2.05, 4.69) is 5.32 Å². The van der Waals surface area contributed by atoms with Crippen LogP contribution in [0.25, 0.3) is 0 Å². The van der Waals surface area contributed by atoms with Crippen molar-refractivity contribution in [3.8, 4) is 11.5 Å². The summed E-state index contributed by atoms with van der Waals surface area (Å²) in [5.74, 6) is 0.934. The molecule has 1 fully saturated rings. The number of ether oxygens (including phenoxy) is 2. The summed E-state index contributed by atoms with van der Waals surface area (Å²) in [5, 5.41) is 3.59. The summed E-state index contributed by atoms with van der Waals surface area (Å²) in [5.41, 5.74) is 1.62. The van der Waals surface area contributed by atoms with Gasteiger partial charge in [0, 0.05) is 13.1 Å². The van der Waals surface area contributed by atoms with Crippen LogP contribution >= 0.6 is 12.2 Å². The number of carbonyl (C=O) groups excluding carboxylic acids is 2. The molecule has 0 radical (unpaired) electrons. The second-order valence-electron chi connectivity index (χ2n) is 7.11. The van der Waals surface area contributed by atoms with Gasteiger partial charge in [0.25, 0.3) is 5.91 Å². The maximum atomic E-state index is 13.2. The van der Waals surface area contributed by atoms with Crippen molar-refractivity contribution in [1.29, 1.82) is 0 Å². The van der Waals surface area contributed by atoms with E-state index in [-0.39, 0.29) is 18.2 Å². The van der Waals surface area contributed by atoms with Crippen molar-refractivity contribution in [3.63, 3.8) is 0 Å². The molecule has 2 amide bonds. The molecule has 3 rings (SSSR count). The zero-order valence-corrected chi connectivity index (χ0v) is 18.8. The lowest BCUT2D eigenvalue weighted by molar-refractivity contribution is -0.122. The topological polar surface area (TPSA) is 71.1 Å². The van der Waals surface area contributed by atoms with Crippen molar-refractivity contribution in [2.24, 2.45) is 0 Å². The maximum Gasteiger partial charge on any atom is 0.257 e. The van der Waals surface area contributed by atoms with Gasteiger partial charge in [-0.25, -0.2) is 4.90 Å². The van der Waals surface area contributed by atoms with Crippen molar-refractivity contribution in [3.05, 3.63) is 54.1 Å². The van der Waals surface area contributed by atoms with Crippen LogP contribution in [-0.4, -0.2) is 55.2 Å². The van der Waals surface area contributed by atoms with Crippen molar-refractivity contribution < 1.29 is 19.1 Å². The van der Waals surface area contributed by atoms with Gasteiger partial charge in [0.05, 0.1) is 26.3 Å². The van der Waals surface area contributed by atoms with Crippen LogP contribution in [0, 0.1) is 0 Å². The highest BCUT2D eigenvalue weighted by Crippen LogP contribution is 2.27. The number of nitrogens with zero attached hydrogens (tertiary/aromatic N) is 2. The minimum atomic E-state index is -0.639. The summed E-state index contributed by atoms with van der Waals surface area (Å²) in [7, 11) is 3.20. The van der Waals surface area contributed by atoms with Crippen molar-refractivity contribution in [1.82, 2.24) is 10.2 Å². The van der Waals surface area contributed by atoms with Gasteiger partial charge in [-0.3, -0.25) is 9.59 Å². The molecule has 0 spiro atoms. The highest BCUT2D eigenvalue weighted by molar-refractivity contribution is 7.80. The smallest absolute Gasteiger partial charge is 0.257 e. The van der Waals surface area contributed by atoms with Crippen LogP contribution in [0.15, 0.2) is 48.5 Å². The third-order valence-corrected chi connectivity index (χ3v) is 5.60. The molecule has 0 aromatic heterocycles. The Balaban J connectivity index is 1.78. The molecule has 164 valence electrons. The predicted molar refractivity (Wildman–Crippen MR) is 124 cm³/mol. The highest BCUT2D eigenvalue weighted by atomic mass is 32.1. The molecule has 0 bridgehead atoms. The Morgan fingerprint density at radius 3 is 2.19 bits per heavy atom. The lowest BCUT2D eigenvalue weighted by atomic mass is 10.1. The Kier molecular flexibility index (Phi) is 7.46. The van der Waals surface area contributed by atoms with Gasteiger partial charge in [-0.2, -0.15) is 0 Å². The number of amides is 2. The van der Waals surface area contributed by atoms with E-state index in [1.165, 1.54) is 4.90 Å². The third kappa shape index (κ3) is 5.14. The van der Waals surface area contributed by atoms with E-state index < -0.39 is 6.04 Å². The Morgan fingerprint density at radius 2 is 1.65 bits per heavy atom. The van der Waals surface area contributed by atoms with Gasteiger partial charge < -0.3 is 19.7 Å². The first-order chi connectivity index (χ1) is 15.0. The number of hydrogen-bond donors (Lipinski definition) is 1. The third-order valence-electron chi connectivity index (χ3n) is 5.22. The SMILES string of the molecule is CCNC(=S)N(CCc1ccc(OC)cc1)C1CC(=O)N(c2ccc(OC)cc2)C1=O. The standard InChI is InChI=1S/C23H27N3O4S/c1-4-24-23(31)25(14-13-16-5-9-18(29-2)10-6-16)20-15-21(27)26(22(20)28)17-7-11-19(30-3)12-8-17/h5-12,20H,4,13-15H2,1-3H3,(H,24,31). The Morgan fingerprint density at radius 1 is 1.06 bits per heavy atom. The van der Waals surface area contributed by atoms with Crippen LogP contribution < -0.4 is 19.7 Å². The number of rotatable bonds is 8. The number of carbonyl (C=O) groups is 2. The van der Waals surface area contributed by atoms with Gasteiger partial charge in [0.15, 0.2) is 5.11 Å². The van der Waals surface area contributed by atoms with Crippen molar-refractivity contribution >= 4 is 34.8 Å². The fourth-order valence-corrected chi connectivity index (χ4v) is 3.92. The predicted octanol–water partition coefficient (Wildman–Crippen LogP) is 2.77. The normalized spacial score (nSPS) is 15.7. The quantitative estimate of drug-likeness (QED) is 0.499. The summed E-state index contributed by atoms with van der Waals surface area (Å²) < 4.78 is 10.4. The average molecular weight is 442 g/mol. The largest absolute Gasteiger partial charge is 0.497 e. The first-order valence-corrected chi connectivity index (χ1v) is 10.6. The maximum absolute atomic E-state index is 13.2. The Hall–Kier alpha value is -3.13. The molecule has 1 heterocycles. The van der Waals surface area contributed by atoms with Crippen LogP contribution in [0.1, 0.15) is 18.9 Å². The molecule has 1 aliphatic heterocycles.